The molecule has 0 bridgehead atoms. The third-order valence-corrected chi connectivity index (χ3v) is 4.28. The molecule has 1 aromatic carbocycles. The average Bonchev–Trinajstić information content (AvgIpc) is 2.49. The van der Waals surface area contributed by atoms with Crippen molar-refractivity contribution in [3.8, 4) is 0 Å². The first-order chi connectivity index (χ1) is 10.2. The maximum absolute atomic E-state index is 4.77. The minimum Gasteiger partial charge on any atom is -0.316 e. The summed E-state index contributed by atoms with van der Waals surface area (Å²) >= 11 is 0. The van der Waals surface area contributed by atoms with E-state index in [4.69, 9.17) is 9.97 Å². The molecule has 0 amide bonds. The summed E-state index contributed by atoms with van der Waals surface area (Å²) in [6.45, 7) is 6.46. The summed E-state index contributed by atoms with van der Waals surface area (Å²) in [4.78, 5) is 9.53. The minimum absolute atomic E-state index is 0.574. The van der Waals surface area contributed by atoms with Crippen molar-refractivity contribution in [2.24, 2.45) is 0 Å². The summed E-state index contributed by atoms with van der Waals surface area (Å²) in [7, 11) is 0. The van der Waals surface area contributed by atoms with Crippen LogP contribution in [0.4, 0.5) is 0 Å². The van der Waals surface area contributed by atoms with Crippen LogP contribution in [0.1, 0.15) is 47.1 Å². The van der Waals surface area contributed by atoms with Crippen molar-refractivity contribution in [3.63, 3.8) is 0 Å². The van der Waals surface area contributed by atoms with E-state index in [2.05, 4.69) is 43.4 Å². The van der Waals surface area contributed by atoms with Crippen LogP contribution in [0.3, 0.4) is 0 Å². The molecule has 2 aromatic rings. The summed E-state index contributed by atoms with van der Waals surface area (Å²) in [6, 6.07) is 10.4. The lowest BCUT2D eigenvalue weighted by molar-refractivity contribution is 0.456. The molecule has 1 aromatic heterocycles. The zero-order valence-corrected chi connectivity index (χ0v) is 12.9. The maximum Gasteiger partial charge on any atom is 0.133 e. The molecule has 1 N–H and O–H groups in total. The molecule has 3 rings (SSSR count). The largest absolute Gasteiger partial charge is 0.316 e. The Morgan fingerprint density at radius 3 is 2.43 bits per heavy atom. The topological polar surface area (TPSA) is 37.8 Å². The predicted octanol–water partition coefficient (Wildman–Crippen LogP) is 3.15. The summed E-state index contributed by atoms with van der Waals surface area (Å²) < 4.78 is 0. The van der Waals surface area contributed by atoms with Gasteiger partial charge in [0, 0.05) is 24.4 Å². The molecule has 2 heterocycles. The lowest BCUT2D eigenvalue weighted by atomic mass is 9.89. The third-order valence-electron chi connectivity index (χ3n) is 4.28. The van der Waals surface area contributed by atoms with Gasteiger partial charge in [-0.15, -0.1) is 0 Å². The molecule has 1 aliphatic rings. The smallest absolute Gasteiger partial charge is 0.133 e. The van der Waals surface area contributed by atoms with Crippen LogP contribution in [0.25, 0.3) is 0 Å². The number of hydrogen-bond donors (Lipinski definition) is 1. The van der Waals surface area contributed by atoms with Gasteiger partial charge in [-0.05, 0) is 50.3 Å². The molecule has 110 valence electrons. The molecule has 1 aliphatic heterocycles. The number of hydrogen-bond acceptors (Lipinski definition) is 3. The van der Waals surface area contributed by atoms with E-state index in [1.165, 1.54) is 24.0 Å². The Balaban J connectivity index is 1.85. The number of rotatable bonds is 3. The highest BCUT2D eigenvalue weighted by Crippen LogP contribution is 2.27. The van der Waals surface area contributed by atoms with Crippen LogP contribution in [0.15, 0.2) is 30.3 Å². The fraction of sp³-hybridized carbons (Fsp3) is 0.444. The molecule has 3 nitrogen and oxygen atoms in total. The van der Waals surface area contributed by atoms with E-state index in [1.54, 1.807) is 0 Å². The molecule has 3 heteroatoms. The Morgan fingerprint density at radius 2 is 1.81 bits per heavy atom. The summed E-state index contributed by atoms with van der Waals surface area (Å²) in [5, 5.41) is 3.49. The second-order valence-corrected chi connectivity index (χ2v) is 5.93. The molecule has 0 radical (unpaired) electrons. The van der Waals surface area contributed by atoms with E-state index in [1.807, 2.05) is 6.07 Å². The van der Waals surface area contributed by atoms with Crippen LogP contribution in [-0.2, 0) is 6.42 Å². The van der Waals surface area contributed by atoms with E-state index in [-0.39, 0.29) is 0 Å². The van der Waals surface area contributed by atoms with Gasteiger partial charge in [0.15, 0.2) is 0 Å². The van der Waals surface area contributed by atoms with Crippen molar-refractivity contribution in [1.82, 2.24) is 15.3 Å². The fourth-order valence-corrected chi connectivity index (χ4v) is 3.34. The first-order valence-electron chi connectivity index (χ1n) is 7.82. The van der Waals surface area contributed by atoms with Crippen molar-refractivity contribution in [1.29, 1.82) is 0 Å². The van der Waals surface area contributed by atoms with Crippen LogP contribution in [-0.4, -0.2) is 23.1 Å². The number of piperidine rings is 1. The zero-order chi connectivity index (χ0) is 14.7. The first kappa shape index (κ1) is 14.2. The average molecular weight is 281 g/mol. The molecule has 1 unspecified atom stereocenters. The van der Waals surface area contributed by atoms with Crippen LogP contribution in [0.5, 0.6) is 0 Å². The van der Waals surface area contributed by atoms with Crippen LogP contribution in [0.2, 0.25) is 0 Å². The van der Waals surface area contributed by atoms with Gasteiger partial charge < -0.3 is 5.32 Å². The van der Waals surface area contributed by atoms with Crippen molar-refractivity contribution in [2.75, 3.05) is 13.1 Å². The van der Waals surface area contributed by atoms with E-state index >= 15 is 0 Å². The SMILES string of the molecule is Cc1nc(Cc2ccccc2)nc(C)c1C1CCCNC1. The fourth-order valence-electron chi connectivity index (χ4n) is 3.34. The van der Waals surface area contributed by atoms with Gasteiger partial charge in [0.05, 0.1) is 0 Å². The van der Waals surface area contributed by atoms with E-state index in [0.29, 0.717) is 5.92 Å². The zero-order valence-electron chi connectivity index (χ0n) is 12.9. The molecule has 0 spiro atoms. The third kappa shape index (κ3) is 3.30. The van der Waals surface area contributed by atoms with Gasteiger partial charge >= 0.3 is 0 Å². The first-order valence-corrected chi connectivity index (χ1v) is 7.82. The molecule has 1 saturated heterocycles. The summed E-state index contributed by atoms with van der Waals surface area (Å²) in [5.41, 5.74) is 4.94. The van der Waals surface area contributed by atoms with Gasteiger partial charge in [0.25, 0.3) is 0 Å². The number of nitrogens with one attached hydrogen (secondary N) is 1. The van der Waals surface area contributed by atoms with Gasteiger partial charge in [-0.1, -0.05) is 30.3 Å². The number of aryl methyl sites for hydroxylation is 2. The Kier molecular flexibility index (Phi) is 4.30. The van der Waals surface area contributed by atoms with Gasteiger partial charge in [0.2, 0.25) is 0 Å². The Labute approximate surface area is 126 Å². The molecular formula is C18H23N3. The summed E-state index contributed by atoms with van der Waals surface area (Å²) in [5.74, 6) is 1.51. The molecular weight excluding hydrogens is 258 g/mol. The van der Waals surface area contributed by atoms with Gasteiger partial charge in [0.1, 0.15) is 5.82 Å². The highest BCUT2D eigenvalue weighted by atomic mass is 14.9. The number of aromatic nitrogens is 2. The Hall–Kier alpha value is -1.74. The van der Waals surface area contributed by atoms with Gasteiger partial charge in [-0.3, -0.25) is 0 Å². The van der Waals surface area contributed by atoms with Crippen LogP contribution in [0, 0.1) is 13.8 Å². The Morgan fingerprint density at radius 1 is 1.10 bits per heavy atom. The minimum atomic E-state index is 0.574. The lowest BCUT2D eigenvalue weighted by Crippen LogP contribution is -2.29. The highest BCUT2D eigenvalue weighted by molar-refractivity contribution is 5.30. The monoisotopic (exact) mass is 281 g/mol. The second-order valence-electron chi connectivity index (χ2n) is 5.93. The molecule has 0 aliphatic carbocycles. The molecule has 1 atom stereocenters. The van der Waals surface area contributed by atoms with Crippen LogP contribution < -0.4 is 5.32 Å². The number of benzene rings is 1. The van der Waals surface area contributed by atoms with E-state index in [0.717, 1.165) is 36.7 Å². The quantitative estimate of drug-likeness (QED) is 0.939. The molecule has 21 heavy (non-hydrogen) atoms. The van der Waals surface area contributed by atoms with E-state index < -0.39 is 0 Å². The Bertz CT molecular complexity index is 578. The number of nitrogens with zero attached hydrogens (tertiary/aromatic N) is 2. The van der Waals surface area contributed by atoms with Crippen molar-refractivity contribution in [3.05, 3.63) is 58.7 Å². The van der Waals surface area contributed by atoms with Crippen molar-refractivity contribution < 1.29 is 0 Å². The van der Waals surface area contributed by atoms with E-state index in [9.17, 15) is 0 Å². The van der Waals surface area contributed by atoms with Crippen LogP contribution >= 0.6 is 0 Å². The van der Waals surface area contributed by atoms with Gasteiger partial charge in [-0.2, -0.15) is 0 Å². The summed E-state index contributed by atoms with van der Waals surface area (Å²) in [6.07, 6.45) is 3.30. The molecule has 1 fully saturated rings. The normalized spacial score (nSPS) is 18.7. The standard InChI is InChI=1S/C18H23N3/c1-13-18(16-9-6-10-19-12-16)14(2)21-17(20-13)11-15-7-4-3-5-8-15/h3-5,7-8,16,19H,6,9-12H2,1-2H3. The second kappa shape index (κ2) is 6.35. The van der Waals surface area contributed by atoms with Gasteiger partial charge in [-0.25, -0.2) is 9.97 Å². The lowest BCUT2D eigenvalue weighted by Gasteiger charge is -2.25. The highest BCUT2D eigenvalue weighted by Gasteiger charge is 2.21. The van der Waals surface area contributed by atoms with Crippen molar-refractivity contribution in [2.45, 2.75) is 39.0 Å². The molecule has 0 saturated carbocycles. The maximum atomic E-state index is 4.77. The predicted molar refractivity (Wildman–Crippen MR) is 85.6 cm³/mol. The van der Waals surface area contributed by atoms with Crippen molar-refractivity contribution >= 4 is 0 Å².